The fourth-order valence-electron chi connectivity index (χ4n) is 3.54. The molecule has 0 saturated carbocycles. The third-order valence-electron chi connectivity index (χ3n) is 5.17. The molecule has 0 spiro atoms. The van der Waals surface area contributed by atoms with Gasteiger partial charge in [-0.25, -0.2) is 4.79 Å². The predicted molar refractivity (Wildman–Crippen MR) is 96.9 cm³/mol. The Kier molecular flexibility index (Phi) is 5.98. The van der Waals surface area contributed by atoms with Crippen LogP contribution >= 0.6 is 0 Å². The first kappa shape index (κ1) is 18.5. The van der Waals surface area contributed by atoms with Gasteiger partial charge in [0.1, 0.15) is 5.75 Å². The van der Waals surface area contributed by atoms with E-state index in [1.807, 2.05) is 9.80 Å². The van der Waals surface area contributed by atoms with Crippen LogP contribution in [-0.4, -0.2) is 66.2 Å². The molecule has 2 N–H and O–H groups in total. The molecule has 0 bridgehead atoms. The molecule has 0 aromatic heterocycles. The molecule has 3 amide bonds. The number of benzene rings is 1. The van der Waals surface area contributed by atoms with Gasteiger partial charge in [-0.15, -0.1) is 0 Å². The smallest absolute Gasteiger partial charge is 0.319 e. The second-order valence-electron chi connectivity index (χ2n) is 6.92. The molecule has 0 radical (unpaired) electrons. The Bertz CT molecular complexity index is 620. The first-order valence-corrected chi connectivity index (χ1v) is 9.24. The summed E-state index contributed by atoms with van der Waals surface area (Å²) in [5.41, 5.74) is 0.532. The lowest BCUT2D eigenvalue weighted by Gasteiger charge is -2.35. The maximum absolute atomic E-state index is 12.4. The van der Waals surface area contributed by atoms with Gasteiger partial charge in [-0.1, -0.05) is 12.1 Å². The number of urea groups is 1. The van der Waals surface area contributed by atoms with E-state index in [2.05, 4.69) is 5.32 Å². The number of piperidine rings is 1. The van der Waals surface area contributed by atoms with Gasteiger partial charge < -0.3 is 25.0 Å². The minimum absolute atomic E-state index is 0.0157. The van der Waals surface area contributed by atoms with Crippen molar-refractivity contribution in [1.29, 1.82) is 0 Å². The molecule has 7 nitrogen and oxygen atoms in total. The van der Waals surface area contributed by atoms with Gasteiger partial charge in [0.2, 0.25) is 0 Å². The largest absolute Gasteiger partial charge is 0.497 e. The summed E-state index contributed by atoms with van der Waals surface area (Å²) >= 11 is 0. The lowest BCUT2D eigenvalue weighted by molar-refractivity contribution is -0.130. The summed E-state index contributed by atoms with van der Waals surface area (Å²) in [4.78, 5) is 28.5. The van der Waals surface area contributed by atoms with Crippen molar-refractivity contribution in [3.8, 4) is 5.75 Å². The van der Waals surface area contributed by atoms with Gasteiger partial charge in [0.15, 0.2) is 6.10 Å². The number of aliphatic hydroxyl groups is 1. The van der Waals surface area contributed by atoms with Gasteiger partial charge in [-0.05, 0) is 43.4 Å². The molecule has 2 aliphatic heterocycles. The number of nitrogens with one attached hydrogen (secondary N) is 1. The normalized spacial score (nSPS) is 19.3. The second-order valence-corrected chi connectivity index (χ2v) is 6.92. The van der Waals surface area contributed by atoms with Gasteiger partial charge in [0.25, 0.3) is 5.91 Å². The van der Waals surface area contributed by atoms with Crippen LogP contribution in [0.5, 0.6) is 5.75 Å². The lowest BCUT2D eigenvalue weighted by Crippen LogP contribution is -2.50. The fourth-order valence-corrected chi connectivity index (χ4v) is 3.54. The van der Waals surface area contributed by atoms with E-state index in [9.17, 15) is 14.7 Å². The molecule has 1 aromatic carbocycles. The second kappa shape index (κ2) is 8.40. The number of nitrogens with zero attached hydrogens (tertiary/aromatic N) is 2. The standard InChI is InChI=1S/C19H27N3O4/c1-26-16-6-4-14(5-7-16)17(23)18(24)20-15-8-12-22(13-9-15)19(25)21-10-2-3-11-21/h4-7,15,17,23H,2-3,8-13H2,1H3,(H,20,24)/t17-/m0/s1. The van der Waals surface area contributed by atoms with E-state index in [1.165, 1.54) is 0 Å². The number of rotatable bonds is 4. The Balaban J connectivity index is 1.47. The third-order valence-corrected chi connectivity index (χ3v) is 5.17. The average molecular weight is 361 g/mol. The summed E-state index contributed by atoms with van der Waals surface area (Å²) in [6, 6.07) is 6.90. The van der Waals surface area contributed by atoms with Gasteiger partial charge in [-0.3, -0.25) is 4.79 Å². The molecule has 7 heteroatoms. The SMILES string of the molecule is COc1ccc([C@H](O)C(=O)NC2CCN(C(=O)N3CCCC3)CC2)cc1. The number of amides is 3. The topological polar surface area (TPSA) is 82.1 Å². The van der Waals surface area contributed by atoms with Crippen LogP contribution in [0, 0.1) is 0 Å². The molecule has 0 aliphatic carbocycles. The Morgan fingerprint density at radius 2 is 1.65 bits per heavy atom. The molecule has 3 rings (SSSR count). The molecule has 2 heterocycles. The molecule has 2 aliphatic rings. The van der Waals surface area contributed by atoms with E-state index >= 15 is 0 Å². The van der Waals surface area contributed by atoms with Crippen molar-refractivity contribution in [2.75, 3.05) is 33.3 Å². The number of likely N-dealkylation sites (tertiary alicyclic amines) is 2. The number of aliphatic hydroxyl groups excluding tert-OH is 1. The van der Waals surface area contributed by atoms with Crippen molar-refractivity contribution < 1.29 is 19.4 Å². The lowest BCUT2D eigenvalue weighted by atomic mass is 10.0. The molecule has 142 valence electrons. The van der Waals surface area contributed by atoms with E-state index in [1.54, 1.807) is 31.4 Å². The van der Waals surface area contributed by atoms with E-state index < -0.39 is 12.0 Å². The number of hydrogen-bond donors (Lipinski definition) is 2. The third kappa shape index (κ3) is 4.27. The molecule has 2 saturated heterocycles. The Morgan fingerprint density at radius 3 is 2.23 bits per heavy atom. The quantitative estimate of drug-likeness (QED) is 0.852. The van der Waals surface area contributed by atoms with Crippen molar-refractivity contribution >= 4 is 11.9 Å². The molecule has 0 unspecified atom stereocenters. The zero-order valence-electron chi connectivity index (χ0n) is 15.2. The highest BCUT2D eigenvalue weighted by molar-refractivity contribution is 5.82. The monoisotopic (exact) mass is 361 g/mol. The molecular formula is C19H27N3O4. The van der Waals surface area contributed by atoms with E-state index in [0.717, 1.165) is 25.9 Å². The average Bonchev–Trinajstić information content (AvgIpc) is 3.22. The van der Waals surface area contributed by atoms with E-state index in [0.29, 0.717) is 37.2 Å². The summed E-state index contributed by atoms with van der Waals surface area (Å²) < 4.78 is 5.08. The van der Waals surface area contributed by atoms with Crippen molar-refractivity contribution in [2.24, 2.45) is 0 Å². The first-order valence-electron chi connectivity index (χ1n) is 9.24. The van der Waals surface area contributed by atoms with Crippen LogP contribution in [0.3, 0.4) is 0 Å². The van der Waals surface area contributed by atoms with Gasteiger partial charge in [-0.2, -0.15) is 0 Å². The first-order chi connectivity index (χ1) is 12.6. The number of ether oxygens (including phenoxy) is 1. The van der Waals surface area contributed by atoms with Gasteiger partial charge in [0, 0.05) is 32.2 Å². The highest BCUT2D eigenvalue weighted by Gasteiger charge is 2.29. The fraction of sp³-hybridized carbons (Fsp3) is 0.579. The molecule has 1 atom stereocenters. The van der Waals surface area contributed by atoms with Gasteiger partial charge >= 0.3 is 6.03 Å². The van der Waals surface area contributed by atoms with E-state index in [4.69, 9.17) is 4.74 Å². The summed E-state index contributed by atoms with van der Waals surface area (Å²) in [6.45, 7) is 2.98. The predicted octanol–water partition coefficient (Wildman–Crippen LogP) is 1.52. The van der Waals surface area contributed by atoms with Crippen molar-refractivity contribution in [3.63, 3.8) is 0 Å². The van der Waals surface area contributed by atoms with Crippen molar-refractivity contribution in [1.82, 2.24) is 15.1 Å². The number of methoxy groups -OCH3 is 1. The Labute approximate surface area is 153 Å². The van der Waals surface area contributed by atoms with Crippen LogP contribution in [-0.2, 0) is 4.79 Å². The van der Waals surface area contributed by atoms with Crippen LogP contribution < -0.4 is 10.1 Å². The van der Waals surface area contributed by atoms with Crippen LogP contribution in [0.25, 0.3) is 0 Å². The molecule has 26 heavy (non-hydrogen) atoms. The highest BCUT2D eigenvalue weighted by atomic mass is 16.5. The minimum atomic E-state index is -1.20. The molecule has 2 fully saturated rings. The Morgan fingerprint density at radius 1 is 1.08 bits per heavy atom. The molecule has 1 aromatic rings. The summed E-state index contributed by atoms with van der Waals surface area (Å²) in [6.07, 6.45) is 2.38. The van der Waals surface area contributed by atoms with Crippen LogP contribution in [0.15, 0.2) is 24.3 Å². The van der Waals surface area contributed by atoms with E-state index in [-0.39, 0.29) is 12.1 Å². The summed E-state index contributed by atoms with van der Waals surface area (Å²) in [5.74, 6) is 0.274. The number of carbonyl (C=O) groups is 2. The summed E-state index contributed by atoms with van der Waals surface area (Å²) in [5, 5.41) is 13.1. The zero-order chi connectivity index (χ0) is 18.5. The van der Waals surface area contributed by atoms with Crippen molar-refractivity contribution in [2.45, 2.75) is 37.8 Å². The summed E-state index contributed by atoms with van der Waals surface area (Å²) in [7, 11) is 1.57. The van der Waals surface area contributed by atoms with Crippen LogP contribution in [0.4, 0.5) is 4.79 Å². The number of hydrogen-bond acceptors (Lipinski definition) is 4. The van der Waals surface area contributed by atoms with Gasteiger partial charge in [0.05, 0.1) is 7.11 Å². The Hall–Kier alpha value is -2.28. The maximum atomic E-state index is 12.4. The maximum Gasteiger partial charge on any atom is 0.319 e. The molecular weight excluding hydrogens is 334 g/mol. The minimum Gasteiger partial charge on any atom is -0.497 e. The zero-order valence-corrected chi connectivity index (χ0v) is 15.2. The highest BCUT2D eigenvalue weighted by Crippen LogP contribution is 2.20. The number of carbonyl (C=O) groups excluding carboxylic acids is 2. The van der Waals surface area contributed by atoms with Crippen LogP contribution in [0.2, 0.25) is 0 Å². The van der Waals surface area contributed by atoms with Crippen LogP contribution in [0.1, 0.15) is 37.4 Å². The van der Waals surface area contributed by atoms with Crippen molar-refractivity contribution in [3.05, 3.63) is 29.8 Å².